The minimum absolute atomic E-state index is 0.251. The van der Waals surface area contributed by atoms with Crippen LogP contribution in [0.5, 0.6) is 0 Å². The summed E-state index contributed by atoms with van der Waals surface area (Å²) >= 11 is 3.49. The Bertz CT molecular complexity index is 750. The van der Waals surface area contributed by atoms with Crippen LogP contribution in [0.2, 0.25) is 0 Å². The van der Waals surface area contributed by atoms with Crippen molar-refractivity contribution in [3.8, 4) is 0 Å². The zero-order chi connectivity index (χ0) is 14.7. The predicted octanol–water partition coefficient (Wildman–Crippen LogP) is 4.50. The zero-order valence-electron chi connectivity index (χ0n) is 11.9. The van der Waals surface area contributed by atoms with Gasteiger partial charge in [0.1, 0.15) is 0 Å². The van der Waals surface area contributed by atoms with Gasteiger partial charge >= 0.3 is 0 Å². The fraction of sp³-hybridized carbons (Fsp3) is 0.167. The molecule has 0 aliphatic carbocycles. The van der Waals surface area contributed by atoms with E-state index >= 15 is 0 Å². The van der Waals surface area contributed by atoms with Crippen LogP contribution < -0.4 is 5.32 Å². The van der Waals surface area contributed by atoms with Gasteiger partial charge in [-0.15, -0.1) is 0 Å². The molecular weight excluding hydrogens is 324 g/mol. The summed E-state index contributed by atoms with van der Waals surface area (Å²) in [6, 6.07) is 17.4. The van der Waals surface area contributed by atoms with Crippen LogP contribution in [0.25, 0.3) is 10.8 Å². The van der Waals surface area contributed by atoms with Gasteiger partial charge in [-0.1, -0.05) is 42.5 Å². The highest BCUT2D eigenvalue weighted by Crippen LogP contribution is 2.25. The lowest BCUT2D eigenvalue weighted by Gasteiger charge is -2.18. The SMILES string of the molecule is CNC(Cc1cccc2ccccc12)c1cncc(Br)c1. The number of rotatable bonds is 4. The number of likely N-dealkylation sites (N-methyl/N-ethyl adjacent to an activating group) is 1. The maximum absolute atomic E-state index is 4.27. The van der Waals surface area contributed by atoms with E-state index in [1.807, 2.05) is 19.4 Å². The van der Waals surface area contributed by atoms with Crippen LogP contribution >= 0.6 is 15.9 Å². The minimum atomic E-state index is 0.251. The van der Waals surface area contributed by atoms with E-state index < -0.39 is 0 Å². The maximum atomic E-state index is 4.27. The number of halogens is 1. The molecule has 0 bridgehead atoms. The van der Waals surface area contributed by atoms with Crippen LogP contribution in [0.4, 0.5) is 0 Å². The van der Waals surface area contributed by atoms with Crippen LogP contribution in [-0.2, 0) is 6.42 Å². The first-order valence-corrected chi connectivity index (χ1v) is 7.81. The molecule has 0 spiro atoms. The van der Waals surface area contributed by atoms with Gasteiger partial charge in [-0.25, -0.2) is 0 Å². The highest BCUT2D eigenvalue weighted by Gasteiger charge is 2.12. The number of hydrogen-bond acceptors (Lipinski definition) is 2. The third-order valence-electron chi connectivity index (χ3n) is 3.78. The molecule has 0 aliphatic rings. The molecule has 2 nitrogen and oxygen atoms in total. The van der Waals surface area contributed by atoms with E-state index in [9.17, 15) is 0 Å². The average molecular weight is 341 g/mol. The minimum Gasteiger partial charge on any atom is -0.313 e. The zero-order valence-corrected chi connectivity index (χ0v) is 13.5. The lowest BCUT2D eigenvalue weighted by Crippen LogP contribution is -2.19. The summed E-state index contributed by atoms with van der Waals surface area (Å²) in [6.45, 7) is 0. The predicted molar refractivity (Wildman–Crippen MR) is 91.4 cm³/mol. The molecule has 0 aliphatic heterocycles. The molecule has 0 saturated heterocycles. The van der Waals surface area contributed by atoms with E-state index in [1.165, 1.54) is 21.9 Å². The normalized spacial score (nSPS) is 12.5. The lowest BCUT2D eigenvalue weighted by atomic mass is 9.96. The summed E-state index contributed by atoms with van der Waals surface area (Å²) in [5.74, 6) is 0. The van der Waals surface area contributed by atoms with Gasteiger partial charge in [-0.2, -0.15) is 0 Å². The summed E-state index contributed by atoms with van der Waals surface area (Å²) < 4.78 is 1.01. The smallest absolute Gasteiger partial charge is 0.0410 e. The topological polar surface area (TPSA) is 24.9 Å². The molecule has 2 aromatic carbocycles. The highest BCUT2D eigenvalue weighted by atomic mass is 79.9. The average Bonchev–Trinajstić information content (AvgIpc) is 2.52. The Labute approximate surface area is 133 Å². The summed E-state index contributed by atoms with van der Waals surface area (Å²) in [7, 11) is 2.00. The van der Waals surface area contributed by atoms with Crippen molar-refractivity contribution < 1.29 is 0 Å². The van der Waals surface area contributed by atoms with Crippen molar-refractivity contribution in [3.63, 3.8) is 0 Å². The molecule has 1 aromatic heterocycles. The van der Waals surface area contributed by atoms with Crippen LogP contribution in [0.3, 0.4) is 0 Å². The second-order valence-corrected chi connectivity index (χ2v) is 6.04. The third-order valence-corrected chi connectivity index (χ3v) is 4.21. The Balaban J connectivity index is 1.96. The quantitative estimate of drug-likeness (QED) is 0.756. The Morgan fingerprint density at radius 3 is 2.71 bits per heavy atom. The van der Waals surface area contributed by atoms with Gasteiger partial charge in [0.25, 0.3) is 0 Å². The summed E-state index contributed by atoms with van der Waals surface area (Å²) in [5.41, 5.74) is 2.55. The van der Waals surface area contributed by atoms with Crippen LogP contribution in [-0.4, -0.2) is 12.0 Å². The molecule has 106 valence electrons. The number of fused-ring (bicyclic) bond motifs is 1. The van der Waals surface area contributed by atoms with Gasteiger partial charge < -0.3 is 5.32 Å². The summed E-state index contributed by atoms with van der Waals surface area (Å²) in [6.07, 6.45) is 4.68. The molecule has 3 rings (SSSR count). The molecule has 0 saturated carbocycles. The number of aromatic nitrogens is 1. The van der Waals surface area contributed by atoms with Crippen molar-refractivity contribution in [2.75, 3.05) is 7.05 Å². The number of nitrogens with one attached hydrogen (secondary N) is 1. The van der Waals surface area contributed by atoms with Crippen LogP contribution in [0, 0.1) is 0 Å². The summed E-state index contributed by atoms with van der Waals surface area (Å²) in [5, 5.41) is 6.01. The van der Waals surface area contributed by atoms with Gasteiger partial charge in [0.15, 0.2) is 0 Å². The molecule has 21 heavy (non-hydrogen) atoms. The van der Waals surface area contributed by atoms with Crippen molar-refractivity contribution in [2.45, 2.75) is 12.5 Å². The molecule has 3 aromatic rings. The van der Waals surface area contributed by atoms with E-state index in [2.05, 4.69) is 74.8 Å². The van der Waals surface area contributed by atoms with E-state index in [4.69, 9.17) is 0 Å². The highest BCUT2D eigenvalue weighted by molar-refractivity contribution is 9.10. The number of nitrogens with zero attached hydrogens (tertiary/aromatic N) is 1. The second kappa shape index (κ2) is 6.37. The molecule has 1 unspecified atom stereocenters. The Morgan fingerprint density at radius 1 is 1.10 bits per heavy atom. The fourth-order valence-corrected chi connectivity index (χ4v) is 3.08. The molecular formula is C18H17BrN2. The van der Waals surface area contributed by atoms with Gasteiger partial charge in [0.05, 0.1) is 0 Å². The largest absolute Gasteiger partial charge is 0.313 e. The van der Waals surface area contributed by atoms with Crippen molar-refractivity contribution in [2.24, 2.45) is 0 Å². The van der Waals surface area contributed by atoms with Crippen molar-refractivity contribution >= 4 is 26.7 Å². The Morgan fingerprint density at radius 2 is 1.90 bits per heavy atom. The monoisotopic (exact) mass is 340 g/mol. The van der Waals surface area contributed by atoms with Crippen LogP contribution in [0.1, 0.15) is 17.2 Å². The fourth-order valence-electron chi connectivity index (χ4n) is 2.70. The van der Waals surface area contributed by atoms with Gasteiger partial charge in [0, 0.05) is 22.9 Å². The van der Waals surface area contributed by atoms with Gasteiger partial charge in [0.2, 0.25) is 0 Å². The first-order chi connectivity index (χ1) is 10.3. The second-order valence-electron chi connectivity index (χ2n) is 5.12. The molecule has 0 radical (unpaired) electrons. The molecule has 1 N–H and O–H groups in total. The number of benzene rings is 2. The first-order valence-electron chi connectivity index (χ1n) is 7.02. The number of hydrogen-bond donors (Lipinski definition) is 1. The Hall–Kier alpha value is -1.71. The van der Waals surface area contributed by atoms with Crippen molar-refractivity contribution in [1.82, 2.24) is 10.3 Å². The molecule has 0 fully saturated rings. The van der Waals surface area contributed by atoms with E-state index in [-0.39, 0.29) is 6.04 Å². The number of pyridine rings is 1. The molecule has 3 heteroatoms. The molecule has 0 amide bonds. The molecule has 1 atom stereocenters. The van der Waals surface area contributed by atoms with Crippen molar-refractivity contribution in [3.05, 3.63) is 76.5 Å². The van der Waals surface area contributed by atoms with E-state index in [0.29, 0.717) is 0 Å². The maximum Gasteiger partial charge on any atom is 0.0410 e. The van der Waals surface area contributed by atoms with E-state index in [0.717, 1.165) is 10.9 Å². The van der Waals surface area contributed by atoms with Crippen molar-refractivity contribution in [1.29, 1.82) is 0 Å². The van der Waals surface area contributed by atoms with Crippen LogP contribution in [0.15, 0.2) is 65.4 Å². The lowest BCUT2D eigenvalue weighted by molar-refractivity contribution is 0.591. The first kappa shape index (κ1) is 14.2. The van der Waals surface area contributed by atoms with E-state index in [1.54, 1.807) is 0 Å². The Kier molecular flexibility index (Phi) is 4.32. The van der Waals surface area contributed by atoms with Gasteiger partial charge in [-0.3, -0.25) is 4.98 Å². The summed E-state index contributed by atoms with van der Waals surface area (Å²) in [4.78, 5) is 4.27. The molecule has 1 heterocycles. The third kappa shape index (κ3) is 3.14. The standard InChI is InChI=1S/C18H17BrN2/c1-20-18(15-9-16(19)12-21-11-15)10-14-7-4-6-13-5-2-3-8-17(13)14/h2-9,11-12,18,20H,10H2,1H3. The van der Waals surface area contributed by atoms with Gasteiger partial charge in [-0.05, 0) is 57.4 Å².